The second kappa shape index (κ2) is 14.9. The summed E-state index contributed by atoms with van der Waals surface area (Å²) in [7, 11) is 0. The van der Waals surface area contributed by atoms with E-state index in [-0.39, 0.29) is 0 Å². The van der Waals surface area contributed by atoms with Gasteiger partial charge in [0.2, 0.25) is 0 Å². The first kappa shape index (κ1) is 24.8. The summed E-state index contributed by atoms with van der Waals surface area (Å²) in [5.74, 6) is 1.40. The van der Waals surface area contributed by atoms with Gasteiger partial charge in [0.15, 0.2) is 0 Å². The van der Waals surface area contributed by atoms with E-state index in [1.807, 2.05) is 39.8 Å². The van der Waals surface area contributed by atoms with Gasteiger partial charge in [0.05, 0.1) is 6.61 Å². The van der Waals surface area contributed by atoms with Gasteiger partial charge in [-0.1, -0.05) is 79.3 Å². The average molecular weight is 370 g/mol. The van der Waals surface area contributed by atoms with E-state index >= 15 is 0 Å². The number of anilines is 1. The zero-order chi connectivity index (χ0) is 20.7. The molecule has 0 fully saturated rings. The summed E-state index contributed by atoms with van der Waals surface area (Å²) in [6, 6.07) is 16.7. The van der Waals surface area contributed by atoms with Gasteiger partial charge < -0.3 is 10.1 Å². The third-order valence-electron chi connectivity index (χ3n) is 4.04. The minimum absolute atomic E-state index is 0.474. The van der Waals surface area contributed by atoms with Gasteiger partial charge in [-0.3, -0.25) is 0 Å². The lowest BCUT2D eigenvalue weighted by atomic mass is 10.0. The summed E-state index contributed by atoms with van der Waals surface area (Å²) in [4.78, 5) is 0. The summed E-state index contributed by atoms with van der Waals surface area (Å²) in [5.41, 5.74) is 4.50. The molecule has 0 saturated heterocycles. The van der Waals surface area contributed by atoms with Crippen LogP contribution < -0.4 is 10.1 Å². The highest BCUT2D eigenvalue weighted by Gasteiger charge is 2.05. The molecule has 2 heteroatoms. The topological polar surface area (TPSA) is 21.3 Å². The molecule has 0 aliphatic heterocycles. The molecule has 0 aromatic heterocycles. The molecule has 1 N–H and O–H groups in total. The Balaban J connectivity index is 0.00000158. The van der Waals surface area contributed by atoms with Crippen LogP contribution in [0.25, 0.3) is 11.1 Å². The highest BCUT2D eigenvalue weighted by molar-refractivity contribution is 5.67. The van der Waals surface area contributed by atoms with Gasteiger partial charge in [-0.25, -0.2) is 0 Å². The van der Waals surface area contributed by atoms with Crippen LogP contribution in [0.1, 0.15) is 61.3 Å². The fraction of sp³-hybridized carbons (Fsp3) is 0.440. The molecule has 0 aliphatic carbocycles. The first-order valence-corrected chi connectivity index (χ1v) is 10.4. The third kappa shape index (κ3) is 8.81. The van der Waals surface area contributed by atoms with Gasteiger partial charge >= 0.3 is 0 Å². The summed E-state index contributed by atoms with van der Waals surface area (Å²) in [6.45, 7) is 19.3. The Bertz CT molecular complexity index is 631. The van der Waals surface area contributed by atoms with Crippen LogP contribution in [-0.4, -0.2) is 6.61 Å². The van der Waals surface area contributed by atoms with Crippen molar-refractivity contribution in [3.05, 3.63) is 60.8 Å². The van der Waals surface area contributed by atoms with E-state index in [1.54, 1.807) is 0 Å². The van der Waals surface area contributed by atoms with Crippen molar-refractivity contribution in [3.8, 4) is 16.9 Å². The van der Waals surface area contributed by atoms with Crippen molar-refractivity contribution in [1.82, 2.24) is 0 Å². The van der Waals surface area contributed by atoms with Crippen LogP contribution in [0.2, 0.25) is 0 Å². The zero-order valence-corrected chi connectivity index (χ0v) is 18.4. The highest BCUT2D eigenvalue weighted by Crippen LogP contribution is 2.26. The summed E-state index contributed by atoms with van der Waals surface area (Å²) in [5, 5.41) is 3.39. The lowest BCUT2D eigenvalue weighted by molar-refractivity contribution is 0.317. The van der Waals surface area contributed by atoms with Crippen molar-refractivity contribution in [2.75, 3.05) is 11.9 Å². The monoisotopic (exact) mass is 369 g/mol. The van der Waals surface area contributed by atoms with E-state index in [0.29, 0.717) is 5.92 Å². The van der Waals surface area contributed by atoms with E-state index in [2.05, 4.69) is 69.1 Å². The zero-order valence-electron chi connectivity index (χ0n) is 18.4. The standard InChI is InChI=1S/C21H27NO.2C2H6/c1-5-14-23-21-9-7-8-19(15-21)18-10-12-20(13-11-18)22-17(4)16(3)6-2;2*1-2/h7-13,15-16,22H,4-6,14H2,1-3H3;2*1-2H3. The molecule has 1 atom stereocenters. The maximum Gasteiger partial charge on any atom is 0.119 e. The SMILES string of the molecule is C=C(Nc1ccc(-c2cccc(OCCC)c2)cc1)C(C)CC.CC.CC. The molecule has 2 aromatic rings. The Morgan fingerprint density at radius 2 is 1.59 bits per heavy atom. The second-order valence-electron chi connectivity index (χ2n) is 5.91. The molecule has 0 bridgehead atoms. The molecule has 2 nitrogen and oxygen atoms in total. The Morgan fingerprint density at radius 1 is 0.963 bits per heavy atom. The summed E-state index contributed by atoms with van der Waals surface area (Å²) >= 11 is 0. The largest absolute Gasteiger partial charge is 0.494 e. The Kier molecular flexibility index (Phi) is 13.7. The molecule has 0 heterocycles. The average Bonchev–Trinajstić information content (AvgIpc) is 2.75. The van der Waals surface area contributed by atoms with E-state index in [0.717, 1.165) is 36.6 Å². The molecule has 0 aliphatic rings. The molecule has 2 rings (SSSR count). The molecule has 150 valence electrons. The first-order valence-electron chi connectivity index (χ1n) is 10.4. The lowest BCUT2D eigenvalue weighted by Crippen LogP contribution is -2.06. The molecule has 0 radical (unpaired) electrons. The number of rotatable bonds is 8. The minimum Gasteiger partial charge on any atom is -0.494 e. The van der Waals surface area contributed by atoms with Crippen molar-refractivity contribution in [2.24, 2.45) is 5.92 Å². The van der Waals surface area contributed by atoms with Crippen LogP contribution >= 0.6 is 0 Å². The molecule has 0 amide bonds. The Morgan fingerprint density at radius 3 is 2.15 bits per heavy atom. The van der Waals surface area contributed by atoms with Crippen LogP contribution in [0.4, 0.5) is 5.69 Å². The molecule has 0 spiro atoms. The van der Waals surface area contributed by atoms with Gasteiger partial charge in [0, 0.05) is 11.4 Å². The van der Waals surface area contributed by atoms with Crippen LogP contribution in [-0.2, 0) is 0 Å². The summed E-state index contributed by atoms with van der Waals surface area (Å²) in [6.07, 6.45) is 2.11. The van der Waals surface area contributed by atoms with Crippen molar-refractivity contribution in [1.29, 1.82) is 0 Å². The predicted octanol–water partition coefficient (Wildman–Crippen LogP) is 8.17. The number of ether oxygens (including phenoxy) is 1. The smallest absolute Gasteiger partial charge is 0.119 e. The molecular formula is C25H39NO. The number of allylic oxidation sites excluding steroid dienone is 1. The Labute approximate surface area is 167 Å². The van der Waals surface area contributed by atoms with Gasteiger partial charge in [0.25, 0.3) is 0 Å². The van der Waals surface area contributed by atoms with Gasteiger partial charge in [-0.05, 0) is 54.2 Å². The van der Waals surface area contributed by atoms with Crippen LogP contribution in [0, 0.1) is 5.92 Å². The normalized spacial score (nSPS) is 10.5. The summed E-state index contributed by atoms with van der Waals surface area (Å²) < 4.78 is 5.71. The van der Waals surface area contributed by atoms with Crippen molar-refractivity contribution >= 4 is 5.69 Å². The van der Waals surface area contributed by atoms with Crippen molar-refractivity contribution < 1.29 is 4.74 Å². The third-order valence-corrected chi connectivity index (χ3v) is 4.04. The lowest BCUT2D eigenvalue weighted by Gasteiger charge is -2.15. The fourth-order valence-corrected chi connectivity index (χ4v) is 2.29. The molecule has 27 heavy (non-hydrogen) atoms. The van der Waals surface area contributed by atoms with Gasteiger partial charge in [0.1, 0.15) is 5.75 Å². The molecule has 0 saturated carbocycles. The maximum atomic E-state index is 5.71. The predicted molar refractivity (Wildman–Crippen MR) is 123 cm³/mol. The fourth-order valence-electron chi connectivity index (χ4n) is 2.29. The van der Waals surface area contributed by atoms with Crippen LogP contribution in [0.5, 0.6) is 5.75 Å². The highest BCUT2D eigenvalue weighted by atomic mass is 16.5. The minimum atomic E-state index is 0.474. The number of benzene rings is 2. The van der Waals surface area contributed by atoms with E-state index < -0.39 is 0 Å². The number of hydrogen-bond donors (Lipinski definition) is 1. The quantitative estimate of drug-likeness (QED) is 0.506. The van der Waals surface area contributed by atoms with Crippen LogP contribution in [0.3, 0.4) is 0 Å². The first-order chi connectivity index (χ1) is 13.1. The van der Waals surface area contributed by atoms with Crippen LogP contribution in [0.15, 0.2) is 60.8 Å². The van der Waals surface area contributed by atoms with Gasteiger partial charge in [-0.2, -0.15) is 0 Å². The van der Waals surface area contributed by atoms with E-state index in [4.69, 9.17) is 4.74 Å². The molecule has 1 unspecified atom stereocenters. The van der Waals surface area contributed by atoms with Crippen molar-refractivity contribution in [3.63, 3.8) is 0 Å². The second-order valence-corrected chi connectivity index (χ2v) is 5.91. The maximum absolute atomic E-state index is 5.71. The van der Waals surface area contributed by atoms with Gasteiger partial charge in [-0.15, -0.1) is 0 Å². The van der Waals surface area contributed by atoms with Crippen molar-refractivity contribution in [2.45, 2.75) is 61.3 Å². The number of hydrogen-bond acceptors (Lipinski definition) is 2. The van der Waals surface area contributed by atoms with E-state index in [1.165, 1.54) is 11.1 Å². The molecule has 2 aromatic carbocycles. The molecular weight excluding hydrogens is 330 g/mol. The number of nitrogens with one attached hydrogen (secondary N) is 1. The Hall–Kier alpha value is -2.22. The van der Waals surface area contributed by atoms with E-state index in [9.17, 15) is 0 Å².